The van der Waals surface area contributed by atoms with Crippen molar-refractivity contribution in [2.24, 2.45) is 0 Å². The topological polar surface area (TPSA) is 84.3 Å². The van der Waals surface area contributed by atoms with Crippen LogP contribution in [0.25, 0.3) is 0 Å². The lowest BCUT2D eigenvalue weighted by Crippen LogP contribution is -2.16. The standard InChI is InChI=1S/C10H13NO4S/c1-7(2)16(14,15)6-8-3-4-9(10(12)13)11-5-8/h3-5,7H,6H2,1-2H3,(H,12,13). The number of carbonyl (C=O) groups is 1. The van der Waals surface area contributed by atoms with Crippen LogP contribution in [0.2, 0.25) is 0 Å². The van der Waals surface area contributed by atoms with Crippen LogP contribution in [-0.4, -0.2) is 29.7 Å². The molecule has 0 aliphatic rings. The van der Waals surface area contributed by atoms with Gasteiger partial charge in [-0.3, -0.25) is 0 Å². The summed E-state index contributed by atoms with van der Waals surface area (Å²) in [5.41, 5.74) is 0.407. The molecule has 0 aromatic carbocycles. The number of pyridine rings is 1. The van der Waals surface area contributed by atoms with Crippen LogP contribution in [0.15, 0.2) is 18.3 Å². The summed E-state index contributed by atoms with van der Waals surface area (Å²) in [7, 11) is -3.17. The first kappa shape index (κ1) is 12.6. The van der Waals surface area contributed by atoms with Gasteiger partial charge in [-0.05, 0) is 25.5 Å². The Hall–Kier alpha value is -1.43. The third-order valence-corrected chi connectivity index (χ3v) is 4.30. The maximum atomic E-state index is 11.6. The molecule has 0 atom stereocenters. The van der Waals surface area contributed by atoms with Crippen LogP contribution in [0, 0.1) is 0 Å². The fourth-order valence-corrected chi connectivity index (χ4v) is 2.00. The van der Waals surface area contributed by atoms with E-state index in [2.05, 4.69) is 4.98 Å². The summed E-state index contributed by atoms with van der Waals surface area (Å²) < 4.78 is 23.1. The van der Waals surface area contributed by atoms with E-state index < -0.39 is 21.1 Å². The Morgan fingerprint density at radius 2 is 2.06 bits per heavy atom. The van der Waals surface area contributed by atoms with Gasteiger partial charge in [-0.25, -0.2) is 18.2 Å². The van der Waals surface area contributed by atoms with Crippen molar-refractivity contribution in [3.8, 4) is 0 Å². The fraction of sp³-hybridized carbons (Fsp3) is 0.400. The van der Waals surface area contributed by atoms with E-state index in [9.17, 15) is 13.2 Å². The van der Waals surface area contributed by atoms with Crippen molar-refractivity contribution >= 4 is 15.8 Å². The molecule has 0 saturated carbocycles. The third kappa shape index (κ3) is 3.03. The molecule has 0 aliphatic heterocycles. The highest BCUT2D eigenvalue weighted by atomic mass is 32.2. The number of carboxylic acid groups (broad SMARTS) is 1. The smallest absolute Gasteiger partial charge is 0.354 e. The lowest BCUT2D eigenvalue weighted by Gasteiger charge is -2.07. The van der Waals surface area contributed by atoms with Crippen molar-refractivity contribution in [1.82, 2.24) is 4.98 Å². The summed E-state index contributed by atoms with van der Waals surface area (Å²) >= 11 is 0. The lowest BCUT2D eigenvalue weighted by molar-refractivity contribution is 0.0690. The highest BCUT2D eigenvalue weighted by Crippen LogP contribution is 2.10. The molecule has 16 heavy (non-hydrogen) atoms. The highest BCUT2D eigenvalue weighted by Gasteiger charge is 2.17. The summed E-state index contributed by atoms with van der Waals surface area (Å²) in [5, 5.41) is 8.16. The number of hydrogen-bond donors (Lipinski definition) is 1. The SMILES string of the molecule is CC(C)S(=O)(=O)Cc1ccc(C(=O)O)nc1. The minimum atomic E-state index is -3.17. The minimum Gasteiger partial charge on any atom is -0.477 e. The van der Waals surface area contributed by atoms with Gasteiger partial charge in [-0.2, -0.15) is 0 Å². The molecule has 0 aliphatic carbocycles. The van der Waals surface area contributed by atoms with Gasteiger partial charge in [-0.15, -0.1) is 0 Å². The third-order valence-electron chi connectivity index (χ3n) is 2.13. The van der Waals surface area contributed by atoms with Gasteiger partial charge >= 0.3 is 5.97 Å². The van der Waals surface area contributed by atoms with E-state index in [1.54, 1.807) is 13.8 Å². The van der Waals surface area contributed by atoms with Gasteiger partial charge in [0.15, 0.2) is 9.84 Å². The number of aromatic nitrogens is 1. The van der Waals surface area contributed by atoms with Crippen LogP contribution in [0.1, 0.15) is 29.9 Å². The zero-order chi connectivity index (χ0) is 12.3. The van der Waals surface area contributed by atoms with Gasteiger partial charge in [0.05, 0.1) is 11.0 Å². The van der Waals surface area contributed by atoms with Crippen molar-refractivity contribution in [3.63, 3.8) is 0 Å². The largest absolute Gasteiger partial charge is 0.477 e. The molecule has 1 aromatic heterocycles. The Balaban J connectivity index is 2.89. The Morgan fingerprint density at radius 1 is 1.44 bits per heavy atom. The molecule has 0 amide bonds. The van der Waals surface area contributed by atoms with Gasteiger partial charge in [0, 0.05) is 6.20 Å². The molecule has 88 valence electrons. The summed E-state index contributed by atoms with van der Waals surface area (Å²) in [5.74, 6) is -1.24. The molecule has 1 rings (SSSR count). The Morgan fingerprint density at radius 3 is 2.44 bits per heavy atom. The Bertz CT molecular complexity index is 476. The van der Waals surface area contributed by atoms with Crippen molar-refractivity contribution < 1.29 is 18.3 Å². The number of carboxylic acids is 1. The van der Waals surface area contributed by atoms with E-state index in [0.717, 1.165) is 0 Å². The van der Waals surface area contributed by atoms with Crippen molar-refractivity contribution in [2.45, 2.75) is 24.9 Å². The number of hydrogen-bond acceptors (Lipinski definition) is 4. The van der Waals surface area contributed by atoms with E-state index in [1.165, 1.54) is 18.3 Å². The Kier molecular flexibility index (Phi) is 3.64. The molecule has 0 bridgehead atoms. The van der Waals surface area contributed by atoms with Crippen LogP contribution >= 0.6 is 0 Å². The zero-order valence-corrected chi connectivity index (χ0v) is 9.86. The average molecular weight is 243 g/mol. The van der Waals surface area contributed by atoms with Crippen LogP contribution in [0.3, 0.4) is 0 Å². The molecule has 1 heterocycles. The van der Waals surface area contributed by atoms with Crippen molar-refractivity contribution in [3.05, 3.63) is 29.6 Å². The number of sulfone groups is 1. The molecule has 0 fully saturated rings. The molecular weight excluding hydrogens is 230 g/mol. The predicted octanol–water partition coefficient (Wildman–Crippen LogP) is 1.10. The summed E-state index contributed by atoms with van der Waals surface area (Å²) in [4.78, 5) is 14.2. The van der Waals surface area contributed by atoms with E-state index in [4.69, 9.17) is 5.11 Å². The zero-order valence-electron chi connectivity index (χ0n) is 9.04. The maximum absolute atomic E-state index is 11.6. The minimum absolute atomic E-state index is 0.0919. The normalized spacial score (nSPS) is 11.7. The quantitative estimate of drug-likeness (QED) is 0.856. The molecule has 6 heteroatoms. The first-order valence-electron chi connectivity index (χ1n) is 4.72. The van der Waals surface area contributed by atoms with E-state index in [0.29, 0.717) is 5.56 Å². The van der Waals surface area contributed by atoms with Gasteiger partial charge in [-0.1, -0.05) is 6.07 Å². The molecule has 5 nitrogen and oxygen atoms in total. The number of nitrogens with zero attached hydrogens (tertiary/aromatic N) is 1. The fourth-order valence-electron chi connectivity index (χ4n) is 1.04. The number of aromatic carboxylic acids is 1. The van der Waals surface area contributed by atoms with Gasteiger partial charge in [0.2, 0.25) is 0 Å². The maximum Gasteiger partial charge on any atom is 0.354 e. The first-order valence-corrected chi connectivity index (χ1v) is 6.44. The van der Waals surface area contributed by atoms with Crippen LogP contribution in [0.4, 0.5) is 0 Å². The molecule has 0 unspecified atom stereocenters. The van der Waals surface area contributed by atoms with E-state index in [-0.39, 0.29) is 11.4 Å². The van der Waals surface area contributed by atoms with E-state index in [1.807, 2.05) is 0 Å². The summed E-state index contributed by atoms with van der Waals surface area (Å²) in [6, 6.07) is 2.77. The molecule has 1 N–H and O–H groups in total. The number of rotatable bonds is 4. The molecule has 0 saturated heterocycles. The predicted molar refractivity (Wildman–Crippen MR) is 59.0 cm³/mol. The van der Waals surface area contributed by atoms with Crippen molar-refractivity contribution in [1.29, 1.82) is 0 Å². The Labute approximate surface area is 94.1 Å². The average Bonchev–Trinajstić information content (AvgIpc) is 2.17. The van der Waals surface area contributed by atoms with Gasteiger partial charge < -0.3 is 5.11 Å². The van der Waals surface area contributed by atoms with Gasteiger partial charge in [0.1, 0.15) is 5.69 Å². The second-order valence-electron chi connectivity index (χ2n) is 3.71. The second kappa shape index (κ2) is 4.61. The first-order chi connectivity index (χ1) is 7.33. The molecular formula is C10H13NO4S. The monoisotopic (exact) mass is 243 g/mol. The second-order valence-corrected chi connectivity index (χ2v) is 6.27. The molecule has 0 spiro atoms. The van der Waals surface area contributed by atoms with Gasteiger partial charge in [0.25, 0.3) is 0 Å². The highest BCUT2D eigenvalue weighted by molar-refractivity contribution is 7.91. The molecule has 1 aromatic rings. The summed E-state index contributed by atoms with van der Waals surface area (Å²) in [6.45, 7) is 3.21. The van der Waals surface area contributed by atoms with E-state index >= 15 is 0 Å². The summed E-state index contributed by atoms with van der Waals surface area (Å²) in [6.07, 6.45) is 1.28. The van der Waals surface area contributed by atoms with Crippen molar-refractivity contribution in [2.75, 3.05) is 0 Å². The van der Waals surface area contributed by atoms with Crippen LogP contribution in [-0.2, 0) is 15.6 Å². The molecule has 0 radical (unpaired) electrons. The van der Waals surface area contributed by atoms with Crippen LogP contribution in [0.5, 0.6) is 0 Å². The lowest BCUT2D eigenvalue weighted by atomic mass is 10.3. The van der Waals surface area contributed by atoms with Crippen LogP contribution < -0.4 is 0 Å².